The van der Waals surface area contributed by atoms with Crippen molar-refractivity contribution in [3.05, 3.63) is 57.6 Å². The summed E-state index contributed by atoms with van der Waals surface area (Å²) in [5, 5.41) is 2.91. The summed E-state index contributed by atoms with van der Waals surface area (Å²) in [6, 6.07) is 4.22. The predicted molar refractivity (Wildman–Crippen MR) is 82.6 cm³/mol. The first-order chi connectivity index (χ1) is 11.5. The molecular weight excluding hydrogens is 339 g/mol. The fourth-order valence-electron chi connectivity index (χ4n) is 2.83. The molecule has 0 fully saturated rings. The van der Waals surface area contributed by atoms with Gasteiger partial charge in [0, 0.05) is 16.1 Å². The lowest BCUT2D eigenvalue weighted by molar-refractivity contribution is -0.123. The minimum Gasteiger partial charge on any atom is -0.464 e. The van der Waals surface area contributed by atoms with E-state index >= 15 is 0 Å². The highest BCUT2D eigenvalue weighted by Crippen LogP contribution is 2.34. The summed E-state index contributed by atoms with van der Waals surface area (Å²) in [5.41, 5.74) is 0.920. The normalized spacial score (nSPS) is 16.3. The van der Waals surface area contributed by atoms with Crippen LogP contribution in [0.2, 0.25) is 5.02 Å². The fourth-order valence-corrected chi connectivity index (χ4v) is 3.05. The van der Waals surface area contributed by atoms with Crippen LogP contribution < -0.4 is 5.32 Å². The molecule has 1 N–H and O–H groups in total. The number of fused-ring (bicyclic) bond motifs is 1. The number of carbonyl (C=O) groups is 3. The van der Waals surface area contributed by atoms with Gasteiger partial charge in [-0.1, -0.05) is 11.6 Å². The van der Waals surface area contributed by atoms with Gasteiger partial charge in [-0.25, -0.2) is 9.18 Å². The zero-order valence-corrected chi connectivity index (χ0v) is 13.3. The summed E-state index contributed by atoms with van der Waals surface area (Å²) in [4.78, 5) is 35.4. The summed E-state index contributed by atoms with van der Waals surface area (Å²) in [7, 11) is 1.20. The summed E-state index contributed by atoms with van der Waals surface area (Å²) in [5.74, 6) is -1.61. The minimum absolute atomic E-state index is 0.0713. The summed E-state index contributed by atoms with van der Waals surface area (Å²) < 4.78 is 19.7. The number of aldehydes is 1. The number of hydrogen-bond acceptors (Lipinski definition) is 4. The molecule has 1 atom stereocenters. The number of carbonyl (C=O) groups excluding carboxylic acids is 3. The maximum Gasteiger partial charge on any atom is 0.354 e. The number of methoxy groups -OCH3 is 1. The maximum atomic E-state index is 13.6. The number of benzene rings is 1. The van der Waals surface area contributed by atoms with Crippen LogP contribution in [-0.2, 0) is 16.1 Å². The Morgan fingerprint density at radius 3 is 2.88 bits per heavy atom. The van der Waals surface area contributed by atoms with E-state index in [1.165, 1.54) is 35.9 Å². The zero-order valence-electron chi connectivity index (χ0n) is 12.5. The van der Waals surface area contributed by atoms with Gasteiger partial charge in [0.15, 0.2) is 6.29 Å². The van der Waals surface area contributed by atoms with Crippen molar-refractivity contribution in [2.45, 2.75) is 12.6 Å². The summed E-state index contributed by atoms with van der Waals surface area (Å²) >= 11 is 6.13. The van der Waals surface area contributed by atoms with Crippen LogP contribution in [0.15, 0.2) is 24.3 Å². The minimum atomic E-state index is -0.854. The van der Waals surface area contributed by atoms with Crippen molar-refractivity contribution in [1.82, 2.24) is 9.88 Å². The Morgan fingerprint density at radius 1 is 1.46 bits per heavy atom. The molecule has 0 saturated carbocycles. The van der Waals surface area contributed by atoms with Crippen molar-refractivity contribution in [3.8, 4) is 0 Å². The number of esters is 1. The van der Waals surface area contributed by atoms with Gasteiger partial charge in [0.05, 0.1) is 18.8 Å². The van der Waals surface area contributed by atoms with Crippen LogP contribution >= 0.6 is 11.6 Å². The van der Waals surface area contributed by atoms with E-state index in [2.05, 4.69) is 10.1 Å². The molecule has 1 aromatic heterocycles. The lowest BCUT2D eigenvalue weighted by atomic mass is 9.99. The van der Waals surface area contributed by atoms with E-state index in [1.54, 1.807) is 0 Å². The van der Waals surface area contributed by atoms with Gasteiger partial charge in [0.2, 0.25) is 5.91 Å². The van der Waals surface area contributed by atoms with Crippen LogP contribution in [-0.4, -0.2) is 29.8 Å². The molecule has 0 aliphatic carbocycles. The Balaban J connectivity index is 2.24. The molecule has 0 radical (unpaired) electrons. The molecule has 1 aliphatic heterocycles. The quantitative estimate of drug-likeness (QED) is 0.679. The van der Waals surface area contributed by atoms with Crippen molar-refractivity contribution >= 4 is 29.8 Å². The average Bonchev–Trinajstić information content (AvgIpc) is 2.94. The Bertz CT molecular complexity index is 862. The maximum absolute atomic E-state index is 13.6. The van der Waals surface area contributed by atoms with Crippen LogP contribution in [0.5, 0.6) is 0 Å². The van der Waals surface area contributed by atoms with Crippen molar-refractivity contribution in [3.63, 3.8) is 0 Å². The van der Waals surface area contributed by atoms with E-state index in [1.807, 2.05) is 0 Å². The molecule has 24 heavy (non-hydrogen) atoms. The fraction of sp³-hybridized carbons (Fsp3) is 0.188. The van der Waals surface area contributed by atoms with Crippen LogP contribution in [0, 0.1) is 5.82 Å². The Morgan fingerprint density at radius 2 is 2.21 bits per heavy atom. The first-order valence-electron chi connectivity index (χ1n) is 6.97. The Hall–Kier alpha value is -2.67. The van der Waals surface area contributed by atoms with Gasteiger partial charge >= 0.3 is 5.97 Å². The van der Waals surface area contributed by atoms with E-state index in [0.717, 1.165) is 0 Å². The third-order valence-corrected chi connectivity index (χ3v) is 4.18. The van der Waals surface area contributed by atoms with Crippen molar-refractivity contribution in [1.29, 1.82) is 0 Å². The van der Waals surface area contributed by atoms with E-state index < -0.39 is 23.7 Å². The van der Waals surface area contributed by atoms with Crippen LogP contribution in [0.1, 0.15) is 38.1 Å². The van der Waals surface area contributed by atoms with Crippen LogP contribution in [0.3, 0.4) is 0 Å². The first-order valence-corrected chi connectivity index (χ1v) is 7.35. The molecule has 3 rings (SSSR count). The van der Waals surface area contributed by atoms with E-state index in [0.29, 0.717) is 17.5 Å². The highest BCUT2D eigenvalue weighted by Gasteiger charge is 2.34. The highest BCUT2D eigenvalue weighted by molar-refractivity contribution is 6.31. The lowest BCUT2D eigenvalue weighted by Crippen LogP contribution is -2.40. The largest absolute Gasteiger partial charge is 0.464 e. The number of hydrogen-bond donors (Lipinski definition) is 1. The number of rotatable bonds is 3. The van der Waals surface area contributed by atoms with Crippen LogP contribution in [0.4, 0.5) is 4.39 Å². The lowest BCUT2D eigenvalue weighted by Gasteiger charge is -2.28. The molecule has 1 amide bonds. The van der Waals surface area contributed by atoms with Gasteiger partial charge < -0.3 is 14.6 Å². The van der Waals surface area contributed by atoms with E-state index in [9.17, 15) is 18.8 Å². The third-order valence-electron chi connectivity index (χ3n) is 3.84. The number of amides is 1. The van der Waals surface area contributed by atoms with E-state index in [4.69, 9.17) is 11.6 Å². The summed E-state index contributed by atoms with van der Waals surface area (Å²) in [6.45, 7) is -0.156. The summed E-state index contributed by atoms with van der Waals surface area (Å²) in [6.07, 6.45) is 0.565. The predicted octanol–water partition coefficient (Wildman–Crippen LogP) is 2.10. The number of aromatic nitrogens is 1. The van der Waals surface area contributed by atoms with Gasteiger partial charge in [-0.2, -0.15) is 0 Å². The van der Waals surface area contributed by atoms with Gasteiger partial charge in [-0.15, -0.1) is 0 Å². The molecule has 6 nitrogen and oxygen atoms in total. The SMILES string of the molecule is COC(=O)c1cc(C=O)c2n1CC(=O)NC2c1cc(F)ccc1Cl. The van der Waals surface area contributed by atoms with Gasteiger partial charge in [0.1, 0.15) is 18.1 Å². The van der Waals surface area contributed by atoms with Crippen molar-refractivity contribution < 1.29 is 23.5 Å². The smallest absolute Gasteiger partial charge is 0.354 e. The van der Waals surface area contributed by atoms with Gasteiger partial charge in [0.25, 0.3) is 0 Å². The molecule has 124 valence electrons. The standard InChI is InChI=1S/C16H12ClFN2O4/c1-24-16(23)12-4-8(7-21)15-14(19-13(22)6-20(12)15)10-5-9(18)2-3-11(10)17/h2-5,7,14H,6H2,1H3,(H,19,22). The molecule has 2 heterocycles. The number of nitrogens with one attached hydrogen (secondary N) is 1. The molecule has 2 aromatic rings. The van der Waals surface area contributed by atoms with Crippen molar-refractivity contribution in [2.24, 2.45) is 0 Å². The monoisotopic (exact) mass is 350 g/mol. The molecular formula is C16H12ClFN2O4. The second kappa shape index (κ2) is 6.09. The van der Waals surface area contributed by atoms with Gasteiger partial charge in [-0.05, 0) is 24.3 Å². The van der Waals surface area contributed by atoms with Crippen molar-refractivity contribution in [2.75, 3.05) is 7.11 Å². The topological polar surface area (TPSA) is 77.4 Å². The van der Waals surface area contributed by atoms with Crippen LogP contribution in [0.25, 0.3) is 0 Å². The molecule has 1 aliphatic rings. The second-order valence-electron chi connectivity index (χ2n) is 5.23. The third kappa shape index (κ3) is 2.56. The van der Waals surface area contributed by atoms with Gasteiger partial charge in [-0.3, -0.25) is 9.59 Å². The zero-order chi connectivity index (χ0) is 17.4. The molecule has 0 spiro atoms. The molecule has 0 bridgehead atoms. The molecule has 0 saturated heterocycles. The molecule has 8 heteroatoms. The highest BCUT2D eigenvalue weighted by atomic mass is 35.5. The Kier molecular flexibility index (Phi) is 4.11. The Labute approximate surface area is 141 Å². The second-order valence-corrected chi connectivity index (χ2v) is 5.64. The molecule has 1 aromatic carbocycles. The average molecular weight is 351 g/mol. The molecule has 1 unspecified atom stereocenters. The number of nitrogens with zero attached hydrogens (tertiary/aromatic N) is 1. The number of halogens is 2. The van der Waals surface area contributed by atoms with E-state index in [-0.39, 0.29) is 22.8 Å². The number of ether oxygens (including phenoxy) is 1. The first kappa shape index (κ1) is 16.2.